The molecule has 0 saturated carbocycles. The molecule has 1 amide bonds. The van der Waals surface area contributed by atoms with Crippen LogP contribution in [0.15, 0.2) is 71.3 Å². The largest absolute Gasteiger partial charge is 0.489 e. The molecule has 142 valence electrons. The number of ether oxygens (including phenoxy) is 2. The number of methoxy groups -OCH3 is 1. The van der Waals surface area contributed by atoms with Crippen LogP contribution >= 0.6 is 15.9 Å². The summed E-state index contributed by atoms with van der Waals surface area (Å²) in [4.78, 5) is 28.6. The summed E-state index contributed by atoms with van der Waals surface area (Å²) in [6, 6.07) is 17.8. The number of benzene rings is 2. The molecule has 1 heterocycles. The Hall–Kier alpha value is -3.19. The van der Waals surface area contributed by atoms with Gasteiger partial charge in [0.2, 0.25) is 0 Å². The van der Waals surface area contributed by atoms with Gasteiger partial charge in [-0.15, -0.1) is 0 Å². The monoisotopic (exact) mass is 440 g/mol. The Kier molecular flexibility index (Phi) is 6.39. The number of halogens is 1. The van der Waals surface area contributed by atoms with Crippen molar-refractivity contribution in [3.05, 3.63) is 88.2 Å². The number of rotatable bonds is 6. The number of nitrogens with one attached hydrogen (secondary N) is 1. The number of esters is 1. The first-order valence-electron chi connectivity index (χ1n) is 8.39. The van der Waals surface area contributed by atoms with Gasteiger partial charge in [-0.2, -0.15) is 0 Å². The SMILES string of the molecule is COC(=O)c1cc(Br)ccc1NC(=O)c1cc(OCc2ccccc2)ccn1. The van der Waals surface area contributed by atoms with Crippen molar-refractivity contribution in [3.63, 3.8) is 0 Å². The summed E-state index contributed by atoms with van der Waals surface area (Å²) >= 11 is 3.30. The van der Waals surface area contributed by atoms with E-state index in [4.69, 9.17) is 9.47 Å². The highest BCUT2D eigenvalue weighted by Crippen LogP contribution is 2.23. The number of hydrogen-bond donors (Lipinski definition) is 1. The molecule has 0 bridgehead atoms. The number of nitrogens with zero attached hydrogens (tertiary/aromatic N) is 1. The van der Waals surface area contributed by atoms with Gasteiger partial charge >= 0.3 is 5.97 Å². The summed E-state index contributed by atoms with van der Waals surface area (Å²) in [5.74, 6) is -0.491. The molecule has 0 fully saturated rings. The summed E-state index contributed by atoms with van der Waals surface area (Å²) in [6.07, 6.45) is 1.50. The molecule has 7 heteroatoms. The van der Waals surface area contributed by atoms with Crippen LogP contribution in [-0.4, -0.2) is 24.0 Å². The summed E-state index contributed by atoms with van der Waals surface area (Å²) < 4.78 is 11.2. The van der Waals surface area contributed by atoms with Crippen LogP contribution in [0.3, 0.4) is 0 Å². The van der Waals surface area contributed by atoms with E-state index in [1.807, 2.05) is 30.3 Å². The Balaban J connectivity index is 1.74. The van der Waals surface area contributed by atoms with Gasteiger partial charge in [0.15, 0.2) is 0 Å². The van der Waals surface area contributed by atoms with Gasteiger partial charge < -0.3 is 14.8 Å². The first-order valence-corrected chi connectivity index (χ1v) is 9.18. The van der Waals surface area contributed by atoms with Crippen LogP contribution in [0.5, 0.6) is 5.75 Å². The van der Waals surface area contributed by atoms with Crippen LogP contribution in [0.1, 0.15) is 26.4 Å². The first kappa shape index (κ1) is 19.6. The normalized spacial score (nSPS) is 10.2. The lowest BCUT2D eigenvalue weighted by atomic mass is 10.1. The molecule has 0 radical (unpaired) electrons. The predicted octanol–water partition coefficient (Wildman–Crippen LogP) is 4.46. The third-order valence-corrected chi connectivity index (χ3v) is 4.34. The second kappa shape index (κ2) is 9.14. The highest BCUT2D eigenvalue weighted by molar-refractivity contribution is 9.10. The second-order valence-electron chi connectivity index (χ2n) is 5.79. The molecule has 0 aliphatic heterocycles. The van der Waals surface area contributed by atoms with E-state index >= 15 is 0 Å². The molecule has 0 atom stereocenters. The molecule has 0 aliphatic carbocycles. The van der Waals surface area contributed by atoms with Crippen molar-refractivity contribution in [2.75, 3.05) is 12.4 Å². The van der Waals surface area contributed by atoms with Gasteiger partial charge in [-0.3, -0.25) is 9.78 Å². The average Bonchev–Trinajstić information content (AvgIpc) is 2.74. The van der Waals surface area contributed by atoms with Crippen molar-refractivity contribution in [1.29, 1.82) is 0 Å². The predicted molar refractivity (Wildman–Crippen MR) is 108 cm³/mol. The van der Waals surface area contributed by atoms with E-state index in [-0.39, 0.29) is 11.3 Å². The van der Waals surface area contributed by atoms with E-state index in [9.17, 15) is 9.59 Å². The van der Waals surface area contributed by atoms with E-state index < -0.39 is 11.9 Å². The van der Waals surface area contributed by atoms with Crippen molar-refractivity contribution in [2.45, 2.75) is 6.61 Å². The average molecular weight is 441 g/mol. The molecule has 0 spiro atoms. The topological polar surface area (TPSA) is 77.5 Å². The maximum Gasteiger partial charge on any atom is 0.340 e. The Morgan fingerprint density at radius 2 is 1.86 bits per heavy atom. The smallest absolute Gasteiger partial charge is 0.340 e. The molecule has 6 nitrogen and oxygen atoms in total. The molecular formula is C21H17BrN2O4. The van der Waals surface area contributed by atoms with Gasteiger partial charge in [0.25, 0.3) is 5.91 Å². The summed E-state index contributed by atoms with van der Waals surface area (Å²) in [6.45, 7) is 0.380. The minimum Gasteiger partial charge on any atom is -0.489 e. The molecule has 3 aromatic rings. The first-order chi connectivity index (χ1) is 13.6. The number of carbonyl (C=O) groups excluding carboxylic acids is 2. The Bertz CT molecular complexity index is 993. The van der Waals surface area contributed by atoms with E-state index in [0.29, 0.717) is 22.5 Å². The van der Waals surface area contributed by atoms with Gasteiger partial charge in [-0.25, -0.2) is 4.79 Å². The van der Waals surface area contributed by atoms with Crippen LogP contribution in [0.25, 0.3) is 0 Å². The van der Waals surface area contributed by atoms with E-state index in [1.165, 1.54) is 13.3 Å². The molecule has 0 aliphatic rings. The van der Waals surface area contributed by atoms with Gasteiger partial charge in [0, 0.05) is 16.7 Å². The van der Waals surface area contributed by atoms with Gasteiger partial charge in [-0.1, -0.05) is 46.3 Å². The van der Waals surface area contributed by atoms with E-state index in [0.717, 1.165) is 5.56 Å². The Morgan fingerprint density at radius 3 is 2.61 bits per heavy atom. The van der Waals surface area contributed by atoms with Crippen LogP contribution in [0.4, 0.5) is 5.69 Å². The van der Waals surface area contributed by atoms with Crippen molar-refractivity contribution >= 4 is 33.5 Å². The van der Waals surface area contributed by atoms with Crippen LogP contribution in [0, 0.1) is 0 Å². The zero-order valence-electron chi connectivity index (χ0n) is 15.0. The maximum absolute atomic E-state index is 12.6. The summed E-state index contributed by atoms with van der Waals surface area (Å²) in [5, 5.41) is 2.69. The highest BCUT2D eigenvalue weighted by atomic mass is 79.9. The number of aromatic nitrogens is 1. The molecule has 1 aromatic heterocycles. The zero-order chi connectivity index (χ0) is 19.9. The lowest BCUT2D eigenvalue weighted by Crippen LogP contribution is -2.16. The minimum absolute atomic E-state index is 0.171. The third-order valence-electron chi connectivity index (χ3n) is 3.85. The quantitative estimate of drug-likeness (QED) is 0.572. The standard InChI is InChI=1S/C21H17BrN2O4/c1-27-21(26)17-11-15(22)7-8-18(17)24-20(25)19-12-16(9-10-23-19)28-13-14-5-3-2-4-6-14/h2-12H,13H2,1H3,(H,24,25). The van der Waals surface area contributed by atoms with Crippen LogP contribution in [-0.2, 0) is 11.3 Å². The second-order valence-corrected chi connectivity index (χ2v) is 6.70. The molecule has 0 unspecified atom stereocenters. The molecule has 28 heavy (non-hydrogen) atoms. The molecule has 3 rings (SSSR count). The lowest BCUT2D eigenvalue weighted by Gasteiger charge is -2.11. The Labute approximate surface area is 170 Å². The number of pyridine rings is 1. The third kappa shape index (κ3) is 4.95. The van der Waals surface area contributed by atoms with Crippen molar-refractivity contribution in [2.24, 2.45) is 0 Å². The summed E-state index contributed by atoms with van der Waals surface area (Å²) in [5.41, 5.74) is 1.76. The maximum atomic E-state index is 12.6. The number of amides is 1. The summed E-state index contributed by atoms with van der Waals surface area (Å²) in [7, 11) is 1.28. The number of anilines is 1. The number of carbonyl (C=O) groups is 2. The van der Waals surface area contributed by atoms with Gasteiger partial charge in [-0.05, 0) is 29.8 Å². The van der Waals surface area contributed by atoms with Gasteiger partial charge in [0.05, 0.1) is 18.4 Å². The van der Waals surface area contributed by atoms with Crippen LogP contribution in [0.2, 0.25) is 0 Å². The van der Waals surface area contributed by atoms with E-state index in [1.54, 1.807) is 30.3 Å². The fraction of sp³-hybridized carbons (Fsp3) is 0.0952. The van der Waals surface area contributed by atoms with Crippen molar-refractivity contribution in [1.82, 2.24) is 4.98 Å². The lowest BCUT2D eigenvalue weighted by molar-refractivity contribution is 0.0602. The van der Waals surface area contributed by atoms with E-state index in [2.05, 4.69) is 26.2 Å². The molecule has 2 aromatic carbocycles. The Morgan fingerprint density at radius 1 is 1.07 bits per heavy atom. The minimum atomic E-state index is -0.551. The highest BCUT2D eigenvalue weighted by Gasteiger charge is 2.16. The van der Waals surface area contributed by atoms with Gasteiger partial charge in [0.1, 0.15) is 18.1 Å². The fourth-order valence-electron chi connectivity index (χ4n) is 2.46. The zero-order valence-corrected chi connectivity index (χ0v) is 16.6. The fourth-order valence-corrected chi connectivity index (χ4v) is 2.82. The van der Waals surface area contributed by atoms with Crippen molar-refractivity contribution in [3.8, 4) is 5.75 Å². The number of hydrogen-bond acceptors (Lipinski definition) is 5. The molecular weight excluding hydrogens is 424 g/mol. The van der Waals surface area contributed by atoms with Crippen molar-refractivity contribution < 1.29 is 19.1 Å². The van der Waals surface area contributed by atoms with Crippen LogP contribution < -0.4 is 10.1 Å². The molecule has 0 saturated heterocycles. The molecule has 1 N–H and O–H groups in total.